The lowest BCUT2D eigenvalue weighted by molar-refractivity contribution is -0.146. The second kappa shape index (κ2) is 8.98. The van der Waals surface area contributed by atoms with Crippen molar-refractivity contribution in [1.82, 2.24) is 0 Å². The molecule has 152 valence electrons. The normalized spacial score (nSPS) is 22.9. The molecule has 3 nitrogen and oxygen atoms in total. The van der Waals surface area contributed by atoms with Gasteiger partial charge in [0.25, 0.3) is 0 Å². The molecule has 2 aliphatic rings. The largest absolute Gasteiger partial charge is 0.472 e. The van der Waals surface area contributed by atoms with Crippen LogP contribution >= 0.6 is 0 Å². The van der Waals surface area contributed by atoms with Gasteiger partial charge in [-0.2, -0.15) is 0 Å². The number of allylic oxidation sites excluding steroid dienone is 4. The van der Waals surface area contributed by atoms with Crippen LogP contribution in [0.25, 0.3) is 0 Å². The summed E-state index contributed by atoms with van der Waals surface area (Å²) in [6.07, 6.45) is 15.9. The fourth-order valence-electron chi connectivity index (χ4n) is 4.58. The van der Waals surface area contributed by atoms with Crippen molar-refractivity contribution >= 4 is 5.97 Å². The van der Waals surface area contributed by atoms with Crippen LogP contribution in [0.1, 0.15) is 90.7 Å². The molecule has 1 aliphatic heterocycles. The first-order valence-electron chi connectivity index (χ1n) is 10.6. The van der Waals surface area contributed by atoms with Gasteiger partial charge in [-0.25, -0.2) is 4.79 Å². The molecule has 0 radical (unpaired) electrons. The Morgan fingerprint density at radius 2 is 2.14 bits per heavy atom. The Labute approximate surface area is 169 Å². The Morgan fingerprint density at radius 3 is 2.82 bits per heavy atom. The smallest absolute Gasteiger partial charge is 0.334 e. The summed E-state index contributed by atoms with van der Waals surface area (Å²) in [6, 6.07) is 1.85. The lowest BCUT2D eigenvalue weighted by Gasteiger charge is -2.35. The standard InChI is InChI=1S/C25H34O3/c1-18(10-12-22-19(2)8-6-15-25(22,3)4)7-5-9-20-11-13-23(28-24(20)26)21-14-16-27-17-21/h7,11,14,16-17,23H,5-6,8-10,12-13,15H2,1-4H3/b18-7+/t23-/m1/s1. The third kappa shape index (κ3) is 5.06. The molecule has 3 heteroatoms. The SMILES string of the molecule is CC1=C(CC/C(C)=C/CCC2=CC[C@H](c3ccoc3)OC2=O)C(C)(C)CCC1. The number of esters is 1. The quantitative estimate of drug-likeness (QED) is 0.369. The first kappa shape index (κ1) is 20.7. The van der Waals surface area contributed by atoms with E-state index in [0.717, 1.165) is 43.2 Å². The second-order valence-electron chi connectivity index (χ2n) is 9.00. The number of cyclic esters (lactones) is 1. The van der Waals surface area contributed by atoms with Gasteiger partial charge in [0.2, 0.25) is 0 Å². The Morgan fingerprint density at radius 1 is 1.32 bits per heavy atom. The van der Waals surface area contributed by atoms with Gasteiger partial charge in [0.05, 0.1) is 12.5 Å². The summed E-state index contributed by atoms with van der Waals surface area (Å²) in [6.45, 7) is 9.31. The summed E-state index contributed by atoms with van der Waals surface area (Å²) in [4.78, 5) is 12.3. The fraction of sp³-hybridized carbons (Fsp3) is 0.560. The third-order valence-electron chi connectivity index (χ3n) is 6.37. The summed E-state index contributed by atoms with van der Waals surface area (Å²) in [5.74, 6) is -0.187. The van der Waals surface area contributed by atoms with E-state index >= 15 is 0 Å². The lowest BCUT2D eigenvalue weighted by atomic mass is 9.71. The van der Waals surface area contributed by atoms with Crippen molar-refractivity contribution in [3.05, 3.63) is 58.6 Å². The average Bonchev–Trinajstić information content (AvgIpc) is 3.17. The van der Waals surface area contributed by atoms with Crippen molar-refractivity contribution in [1.29, 1.82) is 0 Å². The lowest BCUT2D eigenvalue weighted by Crippen LogP contribution is -2.20. The summed E-state index contributed by atoms with van der Waals surface area (Å²) in [5, 5.41) is 0. The number of furan rings is 1. The first-order valence-corrected chi connectivity index (χ1v) is 10.6. The molecular weight excluding hydrogens is 348 g/mol. The molecular formula is C25H34O3. The van der Waals surface area contributed by atoms with Gasteiger partial charge in [-0.15, -0.1) is 0 Å². The third-order valence-corrected chi connectivity index (χ3v) is 6.37. The van der Waals surface area contributed by atoms with Crippen molar-refractivity contribution in [2.45, 2.75) is 85.2 Å². The number of hydrogen-bond acceptors (Lipinski definition) is 3. The van der Waals surface area contributed by atoms with Crippen LogP contribution in [0.2, 0.25) is 0 Å². The molecule has 0 saturated heterocycles. The summed E-state index contributed by atoms with van der Waals surface area (Å²) >= 11 is 0. The number of ether oxygens (including phenoxy) is 1. The Hall–Kier alpha value is -2.03. The van der Waals surface area contributed by atoms with E-state index in [0.29, 0.717) is 5.41 Å². The van der Waals surface area contributed by atoms with Crippen LogP contribution in [-0.4, -0.2) is 5.97 Å². The molecule has 0 amide bonds. The highest BCUT2D eigenvalue weighted by atomic mass is 16.5. The number of carbonyl (C=O) groups excluding carboxylic acids is 1. The maximum Gasteiger partial charge on any atom is 0.334 e. The minimum atomic E-state index is -0.206. The molecule has 0 bridgehead atoms. The zero-order valence-corrected chi connectivity index (χ0v) is 17.8. The number of carbonyl (C=O) groups is 1. The van der Waals surface area contributed by atoms with E-state index in [9.17, 15) is 4.79 Å². The van der Waals surface area contributed by atoms with Crippen molar-refractivity contribution < 1.29 is 13.9 Å². The van der Waals surface area contributed by atoms with Crippen LogP contribution in [-0.2, 0) is 9.53 Å². The van der Waals surface area contributed by atoms with E-state index in [1.54, 1.807) is 23.7 Å². The molecule has 0 fully saturated rings. The molecule has 1 aromatic rings. The number of hydrogen-bond donors (Lipinski definition) is 0. The minimum Gasteiger partial charge on any atom is -0.472 e. The van der Waals surface area contributed by atoms with E-state index in [-0.39, 0.29) is 12.1 Å². The second-order valence-corrected chi connectivity index (χ2v) is 9.00. The van der Waals surface area contributed by atoms with E-state index in [1.807, 2.05) is 12.1 Å². The molecule has 0 unspecified atom stereocenters. The number of rotatable bonds is 7. The van der Waals surface area contributed by atoms with Crippen LogP contribution in [0.5, 0.6) is 0 Å². The molecule has 0 saturated carbocycles. The zero-order valence-electron chi connectivity index (χ0n) is 17.8. The average molecular weight is 383 g/mol. The molecule has 28 heavy (non-hydrogen) atoms. The molecule has 1 atom stereocenters. The molecule has 0 spiro atoms. The summed E-state index contributed by atoms with van der Waals surface area (Å²) in [5.41, 5.74) is 6.76. The predicted octanol–water partition coefficient (Wildman–Crippen LogP) is 7.23. The van der Waals surface area contributed by atoms with E-state index in [4.69, 9.17) is 9.15 Å². The summed E-state index contributed by atoms with van der Waals surface area (Å²) < 4.78 is 10.7. The molecule has 2 heterocycles. The van der Waals surface area contributed by atoms with Gasteiger partial charge < -0.3 is 9.15 Å². The van der Waals surface area contributed by atoms with Gasteiger partial charge >= 0.3 is 5.97 Å². The van der Waals surface area contributed by atoms with Crippen LogP contribution in [0, 0.1) is 5.41 Å². The van der Waals surface area contributed by atoms with Crippen LogP contribution in [0.15, 0.2) is 57.5 Å². The molecule has 1 aromatic heterocycles. The topological polar surface area (TPSA) is 39.4 Å². The van der Waals surface area contributed by atoms with E-state index in [2.05, 4.69) is 33.8 Å². The fourth-order valence-corrected chi connectivity index (χ4v) is 4.58. The van der Waals surface area contributed by atoms with Crippen LogP contribution in [0.3, 0.4) is 0 Å². The van der Waals surface area contributed by atoms with Crippen LogP contribution in [0.4, 0.5) is 0 Å². The van der Waals surface area contributed by atoms with E-state index < -0.39 is 0 Å². The molecule has 0 aromatic carbocycles. The highest BCUT2D eigenvalue weighted by molar-refractivity contribution is 5.89. The van der Waals surface area contributed by atoms with E-state index in [1.165, 1.54) is 24.8 Å². The van der Waals surface area contributed by atoms with Crippen molar-refractivity contribution in [3.8, 4) is 0 Å². The van der Waals surface area contributed by atoms with Gasteiger partial charge in [-0.1, -0.05) is 42.7 Å². The Bertz CT molecular complexity index is 775. The van der Waals surface area contributed by atoms with Gasteiger partial charge in [0.15, 0.2) is 0 Å². The van der Waals surface area contributed by atoms with Crippen molar-refractivity contribution in [2.75, 3.05) is 0 Å². The monoisotopic (exact) mass is 382 g/mol. The maximum absolute atomic E-state index is 12.3. The van der Waals surface area contributed by atoms with Gasteiger partial charge in [0.1, 0.15) is 6.10 Å². The van der Waals surface area contributed by atoms with Gasteiger partial charge in [-0.3, -0.25) is 0 Å². The Balaban J connectivity index is 1.48. The maximum atomic E-state index is 12.3. The Kier molecular flexibility index (Phi) is 6.64. The zero-order chi connectivity index (χ0) is 20.1. The van der Waals surface area contributed by atoms with Gasteiger partial charge in [-0.05, 0) is 70.3 Å². The predicted molar refractivity (Wildman–Crippen MR) is 113 cm³/mol. The highest BCUT2D eigenvalue weighted by Gasteiger charge is 2.28. The van der Waals surface area contributed by atoms with Crippen molar-refractivity contribution in [3.63, 3.8) is 0 Å². The highest BCUT2D eigenvalue weighted by Crippen LogP contribution is 2.42. The van der Waals surface area contributed by atoms with Crippen molar-refractivity contribution in [2.24, 2.45) is 5.41 Å². The van der Waals surface area contributed by atoms with Gasteiger partial charge in [0, 0.05) is 17.6 Å². The molecule has 0 N–H and O–H groups in total. The first-order chi connectivity index (χ1) is 13.4. The van der Waals surface area contributed by atoms with Crippen LogP contribution < -0.4 is 0 Å². The molecule has 1 aliphatic carbocycles. The molecule has 3 rings (SSSR count). The minimum absolute atomic E-state index is 0.187. The summed E-state index contributed by atoms with van der Waals surface area (Å²) in [7, 11) is 0.